The first-order chi connectivity index (χ1) is 7.65. The molecule has 2 N–H and O–H groups in total. The number of para-hydroxylation sites is 1. The lowest BCUT2D eigenvalue weighted by atomic mass is 9.97. The fourth-order valence-corrected chi connectivity index (χ4v) is 1.97. The highest BCUT2D eigenvalue weighted by atomic mass is 16.3. The van der Waals surface area contributed by atoms with E-state index in [1.165, 1.54) is 4.90 Å². The molecule has 4 heteroatoms. The van der Waals surface area contributed by atoms with E-state index in [0.717, 1.165) is 0 Å². The van der Waals surface area contributed by atoms with Gasteiger partial charge in [-0.3, -0.25) is 4.79 Å². The first kappa shape index (κ1) is 10.9. The van der Waals surface area contributed by atoms with Crippen LogP contribution in [0.1, 0.15) is 5.56 Å². The molecule has 0 unspecified atom stereocenters. The minimum Gasteiger partial charge on any atom is -0.392 e. The zero-order valence-corrected chi connectivity index (χ0v) is 8.76. The zero-order chi connectivity index (χ0) is 11.8. The van der Waals surface area contributed by atoms with Crippen LogP contribution < -0.4 is 4.90 Å². The molecule has 1 aliphatic heterocycles. The van der Waals surface area contributed by atoms with Crippen molar-refractivity contribution in [2.24, 2.45) is 0 Å². The molecular weight excluding hydrogens is 206 g/mol. The number of benzene rings is 1. The first-order valence-corrected chi connectivity index (χ1v) is 5.00. The maximum Gasteiger partial charge on any atom is 0.266 e. The van der Waals surface area contributed by atoms with Crippen molar-refractivity contribution in [2.75, 3.05) is 18.1 Å². The van der Waals surface area contributed by atoms with Crippen LogP contribution in [0.4, 0.5) is 5.69 Å². The van der Waals surface area contributed by atoms with Crippen LogP contribution in [-0.4, -0.2) is 29.3 Å². The number of aliphatic hydroxyl groups excluding tert-OH is 1. The van der Waals surface area contributed by atoms with Crippen molar-refractivity contribution in [1.29, 1.82) is 0 Å². The van der Waals surface area contributed by atoms with Crippen molar-refractivity contribution in [2.45, 2.75) is 5.60 Å². The average molecular weight is 219 g/mol. The Balaban J connectivity index is 2.57. The Hall–Kier alpha value is -1.65. The van der Waals surface area contributed by atoms with Gasteiger partial charge in [-0.2, -0.15) is 0 Å². The van der Waals surface area contributed by atoms with Crippen molar-refractivity contribution in [1.82, 2.24) is 0 Å². The molecular formula is C12H13NO3. The second-order valence-corrected chi connectivity index (χ2v) is 3.74. The Morgan fingerprint density at radius 1 is 1.44 bits per heavy atom. The summed E-state index contributed by atoms with van der Waals surface area (Å²) in [4.78, 5) is 13.4. The number of carbonyl (C=O) groups excluding carboxylic acids is 1. The maximum absolute atomic E-state index is 12.0. The Morgan fingerprint density at radius 2 is 2.12 bits per heavy atom. The van der Waals surface area contributed by atoms with Gasteiger partial charge in [-0.15, -0.1) is 6.58 Å². The smallest absolute Gasteiger partial charge is 0.266 e. The average Bonchev–Trinajstić information content (AvgIpc) is 2.53. The third-order valence-corrected chi connectivity index (χ3v) is 2.78. The van der Waals surface area contributed by atoms with Gasteiger partial charge in [-0.05, 0) is 6.07 Å². The summed E-state index contributed by atoms with van der Waals surface area (Å²) in [5.74, 6) is -0.504. The van der Waals surface area contributed by atoms with E-state index >= 15 is 0 Å². The number of nitrogens with zero attached hydrogens (tertiary/aromatic N) is 1. The van der Waals surface area contributed by atoms with E-state index in [0.29, 0.717) is 17.8 Å². The molecule has 1 amide bonds. The summed E-state index contributed by atoms with van der Waals surface area (Å²) >= 11 is 0. The summed E-state index contributed by atoms with van der Waals surface area (Å²) in [7, 11) is 0. The minimum absolute atomic E-state index is 0.318. The fraction of sp³-hybridized carbons (Fsp3) is 0.250. The molecule has 0 aromatic heterocycles. The second kappa shape index (κ2) is 3.73. The van der Waals surface area contributed by atoms with E-state index in [1.807, 2.05) is 0 Å². The lowest BCUT2D eigenvalue weighted by Gasteiger charge is -2.19. The SMILES string of the molecule is C=CCN1C(=O)[C@](O)(CO)c2ccccc21. The molecule has 1 atom stereocenters. The Bertz CT molecular complexity index is 444. The molecule has 2 rings (SSSR count). The van der Waals surface area contributed by atoms with E-state index in [2.05, 4.69) is 6.58 Å². The summed E-state index contributed by atoms with van der Waals surface area (Å²) in [6.07, 6.45) is 1.58. The van der Waals surface area contributed by atoms with Gasteiger partial charge < -0.3 is 15.1 Å². The van der Waals surface area contributed by atoms with E-state index in [-0.39, 0.29) is 0 Å². The number of amides is 1. The maximum atomic E-state index is 12.0. The van der Waals surface area contributed by atoms with Crippen LogP contribution >= 0.6 is 0 Å². The van der Waals surface area contributed by atoms with E-state index in [1.54, 1.807) is 30.3 Å². The van der Waals surface area contributed by atoms with Crippen LogP contribution in [0.3, 0.4) is 0 Å². The van der Waals surface area contributed by atoms with Gasteiger partial charge in [0.05, 0.1) is 12.3 Å². The summed E-state index contributed by atoms with van der Waals surface area (Å²) < 4.78 is 0. The van der Waals surface area contributed by atoms with E-state index in [4.69, 9.17) is 0 Å². The van der Waals surface area contributed by atoms with Gasteiger partial charge in [0, 0.05) is 12.1 Å². The summed E-state index contributed by atoms with van der Waals surface area (Å²) in [6, 6.07) is 6.90. The lowest BCUT2D eigenvalue weighted by Crippen LogP contribution is -2.42. The van der Waals surface area contributed by atoms with Crippen LogP contribution in [0.15, 0.2) is 36.9 Å². The van der Waals surface area contributed by atoms with Crippen LogP contribution in [-0.2, 0) is 10.4 Å². The molecule has 16 heavy (non-hydrogen) atoms. The summed E-state index contributed by atoms with van der Waals surface area (Å²) in [5.41, 5.74) is -0.729. The van der Waals surface area contributed by atoms with Crippen LogP contribution in [0, 0.1) is 0 Å². The third kappa shape index (κ3) is 1.27. The first-order valence-electron chi connectivity index (χ1n) is 5.00. The molecule has 84 valence electrons. The number of rotatable bonds is 3. The number of anilines is 1. The molecule has 1 heterocycles. The van der Waals surface area contributed by atoms with E-state index < -0.39 is 18.1 Å². The van der Waals surface area contributed by atoms with Crippen molar-refractivity contribution >= 4 is 11.6 Å². The minimum atomic E-state index is -1.81. The molecule has 1 aromatic carbocycles. The van der Waals surface area contributed by atoms with E-state index in [9.17, 15) is 15.0 Å². The van der Waals surface area contributed by atoms with Crippen LogP contribution in [0.25, 0.3) is 0 Å². The third-order valence-electron chi connectivity index (χ3n) is 2.78. The summed E-state index contributed by atoms with van der Waals surface area (Å²) in [5, 5.41) is 19.3. The van der Waals surface area contributed by atoms with Gasteiger partial charge in [0.25, 0.3) is 5.91 Å². The predicted molar refractivity (Wildman–Crippen MR) is 60.0 cm³/mol. The Morgan fingerprint density at radius 3 is 2.75 bits per heavy atom. The molecule has 1 aromatic rings. The number of aliphatic hydroxyl groups is 2. The number of hydrogen-bond donors (Lipinski definition) is 2. The number of fused-ring (bicyclic) bond motifs is 1. The molecule has 0 spiro atoms. The Kier molecular flexibility index (Phi) is 2.53. The molecule has 0 saturated heterocycles. The normalized spacial score (nSPS) is 23.4. The highest BCUT2D eigenvalue weighted by Crippen LogP contribution is 2.39. The monoisotopic (exact) mass is 219 g/mol. The van der Waals surface area contributed by atoms with Crippen molar-refractivity contribution in [3.8, 4) is 0 Å². The van der Waals surface area contributed by atoms with Gasteiger partial charge in [-0.1, -0.05) is 24.3 Å². The number of carbonyl (C=O) groups is 1. The molecule has 0 saturated carbocycles. The standard InChI is InChI=1S/C12H13NO3/c1-2-7-13-10-6-4-3-5-9(10)12(16,8-14)11(13)15/h2-6,14,16H,1,7-8H2/t12-/m0/s1. The van der Waals surface area contributed by atoms with Crippen molar-refractivity contribution in [3.05, 3.63) is 42.5 Å². The van der Waals surface area contributed by atoms with Gasteiger partial charge >= 0.3 is 0 Å². The van der Waals surface area contributed by atoms with Gasteiger partial charge in [-0.25, -0.2) is 0 Å². The zero-order valence-electron chi connectivity index (χ0n) is 8.76. The molecule has 0 fully saturated rings. The van der Waals surface area contributed by atoms with Gasteiger partial charge in [0.1, 0.15) is 0 Å². The van der Waals surface area contributed by atoms with Crippen molar-refractivity contribution in [3.63, 3.8) is 0 Å². The molecule has 0 bridgehead atoms. The predicted octanol–water partition coefficient (Wildman–Crippen LogP) is 0.399. The largest absolute Gasteiger partial charge is 0.392 e. The highest BCUT2D eigenvalue weighted by Gasteiger charge is 2.48. The van der Waals surface area contributed by atoms with Crippen molar-refractivity contribution < 1.29 is 15.0 Å². The Labute approximate surface area is 93.4 Å². The fourth-order valence-electron chi connectivity index (χ4n) is 1.97. The lowest BCUT2D eigenvalue weighted by molar-refractivity contribution is -0.140. The molecule has 1 aliphatic rings. The topological polar surface area (TPSA) is 60.8 Å². The van der Waals surface area contributed by atoms with Crippen LogP contribution in [0.5, 0.6) is 0 Å². The van der Waals surface area contributed by atoms with Gasteiger partial charge in [0.15, 0.2) is 5.60 Å². The molecule has 0 aliphatic carbocycles. The highest BCUT2D eigenvalue weighted by molar-refractivity contribution is 6.07. The quantitative estimate of drug-likeness (QED) is 0.723. The summed E-state index contributed by atoms with van der Waals surface area (Å²) in [6.45, 7) is 3.27. The van der Waals surface area contributed by atoms with Gasteiger partial charge in [0.2, 0.25) is 0 Å². The molecule has 0 radical (unpaired) electrons. The van der Waals surface area contributed by atoms with Crippen LogP contribution in [0.2, 0.25) is 0 Å². The molecule has 4 nitrogen and oxygen atoms in total. The number of hydrogen-bond acceptors (Lipinski definition) is 3. The second-order valence-electron chi connectivity index (χ2n) is 3.74.